The normalized spacial score (nSPS) is 14.4. The van der Waals surface area contributed by atoms with Crippen LogP contribution in [-0.2, 0) is 6.42 Å². The van der Waals surface area contributed by atoms with E-state index in [0.717, 1.165) is 32.1 Å². The zero-order valence-corrected chi connectivity index (χ0v) is 33.7. The molecular weight excluding hydrogens is 723 g/mol. The molecule has 0 spiro atoms. The van der Waals surface area contributed by atoms with E-state index in [1.807, 2.05) is 0 Å². The van der Waals surface area contributed by atoms with Gasteiger partial charge in [-0.3, -0.25) is 0 Å². The van der Waals surface area contributed by atoms with Crippen LogP contribution in [0.2, 0.25) is 0 Å². The lowest BCUT2D eigenvalue weighted by Crippen LogP contribution is -2.17. The zero-order valence-electron chi connectivity index (χ0n) is 33.7. The van der Waals surface area contributed by atoms with E-state index >= 15 is 0 Å². The van der Waals surface area contributed by atoms with Gasteiger partial charge in [0.1, 0.15) is 0 Å². The van der Waals surface area contributed by atoms with Gasteiger partial charge in [0.2, 0.25) is 0 Å². The predicted octanol–water partition coefficient (Wildman–Crippen LogP) is 15.9. The molecule has 8 aromatic rings. The third-order valence-electron chi connectivity index (χ3n) is 12.8. The molecule has 0 saturated carbocycles. The molecular formula is C59H45N. The van der Waals surface area contributed by atoms with E-state index in [-0.39, 0.29) is 0 Å². The van der Waals surface area contributed by atoms with Crippen molar-refractivity contribution in [3.63, 3.8) is 0 Å². The summed E-state index contributed by atoms with van der Waals surface area (Å²) >= 11 is 0. The third-order valence-corrected chi connectivity index (χ3v) is 12.8. The van der Waals surface area contributed by atoms with Gasteiger partial charge in [0, 0.05) is 17.1 Å². The summed E-state index contributed by atoms with van der Waals surface area (Å²) in [7, 11) is 0. The Hall–Kier alpha value is -7.22. The van der Waals surface area contributed by atoms with Crippen LogP contribution in [0.25, 0.3) is 60.9 Å². The third kappa shape index (κ3) is 6.83. The first-order chi connectivity index (χ1) is 29.7. The van der Waals surface area contributed by atoms with Gasteiger partial charge in [-0.25, -0.2) is 0 Å². The lowest BCUT2D eigenvalue weighted by atomic mass is 9.86. The second-order valence-corrected chi connectivity index (χ2v) is 16.3. The summed E-state index contributed by atoms with van der Waals surface area (Å²) in [6.45, 7) is 0. The molecule has 0 radical (unpaired) electrons. The summed E-state index contributed by atoms with van der Waals surface area (Å²) in [6.07, 6.45) is 14.5. The molecule has 0 saturated heterocycles. The topological polar surface area (TPSA) is 3.24 Å². The van der Waals surface area contributed by atoms with Crippen LogP contribution in [0.3, 0.4) is 0 Å². The van der Waals surface area contributed by atoms with Gasteiger partial charge in [0.25, 0.3) is 0 Å². The lowest BCUT2D eigenvalue weighted by Gasteiger charge is -2.30. The Balaban J connectivity index is 0.875. The molecule has 0 aliphatic heterocycles. The number of hydrogen-bond donors (Lipinski definition) is 0. The molecule has 8 aromatic carbocycles. The Morgan fingerprint density at radius 3 is 1.38 bits per heavy atom. The molecule has 0 amide bonds. The minimum atomic E-state index is 0.947. The van der Waals surface area contributed by atoms with Crippen LogP contribution < -0.4 is 4.90 Å². The van der Waals surface area contributed by atoms with Crippen LogP contribution in [0, 0.1) is 0 Å². The molecule has 0 N–H and O–H groups in total. The highest BCUT2D eigenvalue weighted by molar-refractivity contribution is 5.91. The maximum Gasteiger partial charge on any atom is 0.0458 e. The summed E-state index contributed by atoms with van der Waals surface area (Å²) in [4.78, 5) is 2.44. The Morgan fingerprint density at radius 2 is 0.800 bits per heavy atom. The first-order valence-corrected chi connectivity index (χ1v) is 21.4. The number of rotatable bonds is 8. The quantitative estimate of drug-likeness (QED) is 0.149. The van der Waals surface area contributed by atoms with Crippen LogP contribution in [0.4, 0.5) is 11.4 Å². The van der Waals surface area contributed by atoms with Gasteiger partial charge in [0.15, 0.2) is 0 Å². The van der Waals surface area contributed by atoms with Gasteiger partial charge in [-0.05, 0) is 163 Å². The van der Waals surface area contributed by atoms with Crippen LogP contribution >= 0.6 is 0 Å². The molecule has 286 valence electrons. The van der Waals surface area contributed by atoms with E-state index < -0.39 is 0 Å². The second-order valence-electron chi connectivity index (χ2n) is 16.3. The molecule has 3 aliphatic carbocycles. The van der Waals surface area contributed by atoms with Crippen LogP contribution in [-0.4, -0.2) is 0 Å². The lowest BCUT2D eigenvalue weighted by molar-refractivity contribution is 0.930. The van der Waals surface area contributed by atoms with Crippen LogP contribution in [0.5, 0.6) is 0 Å². The molecule has 1 nitrogen and oxygen atoms in total. The summed E-state index contributed by atoms with van der Waals surface area (Å²) in [6, 6.07) is 69.1. The van der Waals surface area contributed by atoms with Gasteiger partial charge >= 0.3 is 0 Å². The van der Waals surface area contributed by atoms with Gasteiger partial charge < -0.3 is 4.90 Å². The van der Waals surface area contributed by atoms with Crippen molar-refractivity contribution in [1.29, 1.82) is 0 Å². The Labute approximate surface area is 353 Å². The average molecular weight is 768 g/mol. The second kappa shape index (κ2) is 15.5. The van der Waals surface area contributed by atoms with E-state index in [0.29, 0.717) is 0 Å². The largest absolute Gasteiger partial charge is 0.314 e. The molecule has 1 heteroatoms. The van der Waals surface area contributed by atoms with Crippen molar-refractivity contribution < 1.29 is 0 Å². The van der Waals surface area contributed by atoms with Crippen LogP contribution in [0.15, 0.2) is 218 Å². The summed E-state index contributed by atoms with van der Waals surface area (Å²) in [5.74, 6) is 0. The van der Waals surface area contributed by atoms with Crippen molar-refractivity contribution in [2.45, 2.75) is 32.1 Å². The molecule has 60 heavy (non-hydrogen) atoms. The Kier molecular flexibility index (Phi) is 9.28. The molecule has 0 atom stereocenters. The van der Waals surface area contributed by atoms with Gasteiger partial charge in [-0.2, -0.15) is 0 Å². The number of benzene rings is 8. The van der Waals surface area contributed by atoms with Crippen molar-refractivity contribution in [3.05, 3.63) is 246 Å². The highest BCUT2D eigenvalue weighted by Crippen LogP contribution is 2.43. The van der Waals surface area contributed by atoms with Gasteiger partial charge in [-0.15, -0.1) is 0 Å². The number of hydrogen-bond acceptors (Lipinski definition) is 1. The van der Waals surface area contributed by atoms with Crippen molar-refractivity contribution >= 4 is 38.9 Å². The van der Waals surface area contributed by atoms with Crippen molar-refractivity contribution in [2.75, 3.05) is 4.90 Å². The SMILES string of the molecule is C1=C(c2ccc3ccc(C4=CC=C(N(c5ccc(-c6ccccc6)cc5)c5ccc(-c6ccccc6)cc5)CC4)cc3c2)CCC(c2cccc3c2Cc2ccccc2-3)=C1. The predicted molar refractivity (Wildman–Crippen MR) is 255 cm³/mol. The molecule has 0 heterocycles. The van der Waals surface area contributed by atoms with E-state index in [4.69, 9.17) is 0 Å². The summed E-state index contributed by atoms with van der Waals surface area (Å²) in [5.41, 5.74) is 22.6. The number of nitrogens with zero attached hydrogens (tertiary/aromatic N) is 1. The first-order valence-electron chi connectivity index (χ1n) is 21.4. The fourth-order valence-electron chi connectivity index (χ4n) is 9.61. The molecule has 0 fully saturated rings. The number of allylic oxidation sites excluding steroid dienone is 8. The zero-order chi connectivity index (χ0) is 39.8. The minimum absolute atomic E-state index is 0.947. The van der Waals surface area contributed by atoms with E-state index in [9.17, 15) is 0 Å². The van der Waals surface area contributed by atoms with E-state index in [1.54, 1.807) is 0 Å². The van der Waals surface area contributed by atoms with Crippen LogP contribution in [0.1, 0.15) is 53.5 Å². The minimum Gasteiger partial charge on any atom is -0.314 e. The van der Waals surface area contributed by atoms with Gasteiger partial charge in [-0.1, -0.05) is 170 Å². The van der Waals surface area contributed by atoms with Crippen molar-refractivity contribution in [2.24, 2.45) is 0 Å². The van der Waals surface area contributed by atoms with E-state index in [2.05, 4.69) is 217 Å². The number of anilines is 2. The van der Waals surface area contributed by atoms with Gasteiger partial charge in [0.05, 0.1) is 0 Å². The Bertz CT molecular complexity index is 2930. The Morgan fingerprint density at radius 1 is 0.317 bits per heavy atom. The fraction of sp³-hybridized carbons (Fsp3) is 0.0847. The highest BCUT2D eigenvalue weighted by atomic mass is 15.1. The van der Waals surface area contributed by atoms with E-state index in [1.165, 1.54) is 106 Å². The maximum absolute atomic E-state index is 2.44. The van der Waals surface area contributed by atoms with Crippen molar-refractivity contribution in [3.8, 4) is 33.4 Å². The smallest absolute Gasteiger partial charge is 0.0458 e. The number of fused-ring (bicyclic) bond motifs is 4. The standard InChI is InChI=1S/C59H45N/c1-3-10-41(11-4-1)43-26-32-53(33-27-43)60(54-34-28-44(29-35-54)42-12-5-2-6-13-42)55-36-30-46(31-37-55)50-25-21-47-20-24-49(38-52(47)39-50)45-18-22-48(23-19-45)56-16-9-17-58-57-15-8-7-14-51(57)40-59(56)58/h1-18,20-22,24-30,32-36,38-39H,19,23,31,37,40H2. The maximum atomic E-state index is 2.44. The monoisotopic (exact) mass is 767 g/mol. The van der Waals surface area contributed by atoms with Crippen molar-refractivity contribution in [1.82, 2.24) is 0 Å². The molecule has 0 unspecified atom stereocenters. The fourth-order valence-corrected chi connectivity index (χ4v) is 9.61. The highest BCUT2D eigenvalue weighted by Gasteiger charge is 2.23. The molecule has 11 rings (SSSR count). The summed E-state index contributed by atoms with van der Waals surface area (Å²) < 4.78 is 0. The molecule has 3 aliphatic rings. The summed E-state index contributed by atoms with van der Waals surface area (Å²) in [5, 5.41) is 2.58. The average Bonchev–Trinajstić information content (AvgIpc) is 3.72. The molecule has 0 bridgehead atoms. The first kappa shape index (κ1) is 35.9. The molecule has 0 aromatic heterocycles.